The quantitative estimate of drug-likeness (QED) is 0.804. The van der Waals surface area contributed by atoms with E-state index >= 15 is 0 Å². The van der Waals surface area contributed by atoms with Gasteiger partial charge in [-0.1, -0.05) is 47.0 Å². The zero-order chi connectivity index (χ0) is 14.5. The Morgan fingerprint density at radius 3 is 2.53 bits per heavy atom. The first kappa shape index (κ1) is 16.5. The van der Waals surface area contributed by atoms with Gasteiger partial charge in [0, 0.05) is 18.5 Å². The first-order chi connectivity index (χ1) is 8.84. The summed E-state index contributed by atoms with van der Waals surface area (Å²) in [5, 5.41) is 3.25. The Labute approximate surface area is 118 Å². The molecule has 0 radical (unpaired) electrons. The molecular weight excluding hydrogens is 236 g/mol. The fourth-order valence-electron chi connectivity index (χ4n) is 3.32. The van der Waals surface area contributed by atoms with Gasteiger partial charge >= 0.3 is 0 Å². The summed E-state index contributed by atoms with van der Waals surface area (Å²) in [6, 6.07) is 0.358. The van der Waals surface area contributed by atoms with Crippen LogP contribution in [-0.4, -0.2) is 18.0 Å². The second-order valence-electron chi connectivity index (χ2n) is 7.18. The van der Waals surface area contributed by atoms with Crippen molar-refractivity contribution in [2.24, 2.45) is 17.1 Å². The van der Waals surface area contributed by atoms with Crippen LogP contribution in [0.5, 0.6) is 0 Å². The van der Waals surface area contributed by atoms with E-state index in [2.05, 4.69) is 33.0 Å². The molecule has 0 aromatic heterocycles. The van der Waals surface area contributed by atoms with Crippen molar-refractivity contribution in [1.29, 1.82) is 0 Å². The number of hydrogen-bond acceptors (Lipinski definition) is 2. The van der Waals surface area contributed by atoms with Gasteiger partial charge in [0.2, 0.25) is 5.91 Å². The summed E-state index contributed by atoms with van der Waals surface area (Å²) in [4.78, 5) is 12.1. The Morgan fingerprint density at radius 1 is 1.32 bits per heavy atom. The SMILES string of the molecule is CCCC(N)CC(=O)NC1CCCCC1C(C)(C)C. The van der Waals surface area contributed by atoms with E-state index in [0.717, 1.165) is 19.3 Å². The Balaban J connectivity index is 2.50. The minimum absolute atomic E-state index is 0.0154. The van der Waals surface area contributed by atoms with Crippen molar-refractivity contribution in [2.45, 2.75) is 84.7 Å². The fourth-order valence-corrected chi connectivity index (χ4v) is 3.32. The van der Waals surface area contributed by atoms with Gasteiger partial charge in [-0.25, -0.2) is 0 Å². The maximum atomic E-state index is 12.1. The molecule has 1 rings (SSSR count). The van der Waals surface area contributed by atoms with E-state index in [-0.39, 0.29) is 17.4 Å². The minimum Gasteiger partial charge on any atom is -0.353 e. The standard InChI is InChI=1S/C16H32N2O/c1-5-8-12(17)11-15(19)18-14-10-7-6-9-13(14)16(2,3)4/h12-14H,5-11,17H2,1-4H3,(H,18,19). The van der Waals surface area contributed by atoms with Crippen molar-refractivity contribution in [3.8, 4) is 0 Å². The average molecular weight is 268 g/mol. The zero-order valence-corrected chi connectivity index (χ0v) is 13.2. The largest absolute Gasteiger partial charge is 0.353 e. The number of carbonyl (C=O) groups excluding carboxylic acids is 1. The van der Waals surface area contributed by atoms with Crippen molar-refractivity contribution in [3.05, 3.63) is 0 Å². The number of amides is 1. The topological polar surface area (TPSA) is 55.1 Å². The van der Waals surface area contributed by atoms with Crippen LogP contribution in [0.15, 0.2) is 0 Å². The van der Waals surface area contributed by atoms with Crippen LogP contribution in [0.25, 0.3) is 0 Å². The predicted molar refractivity (Wildman–Crippen MR) is 80.8 cm³/mol. The van der Waals surface area contributed by atoms with E-state index in [9.17, 15) is 4.79 Å². The van der Waals surface area contributed by atoms with Crippen LogP contribution in [0.1, 0.15) is 72.6 Å². The first-order valence-electron chi connectivity index (χ1n) is 7.89. The van der Waals surface area contributed by atoms with Crippen molar-refractivity contribution >= 4 is 5.91 Å². The highest BCUT2D eigenvalue weighted by Gasteiger charge is 2.34. The molecule has 0 bridgehead atoms. The lowest BCUT2D eigenvalue weighted by Crippen LogP contribution is -2.47. The third-order valence-corrected chi connectivity index (χ3v) is 4.33. The van der Waals surface area contributed by atoms with Crippen LogP contribution in [0.4, 0.5) is 0 Å². The third-order valence-electron chi connectivity index (χ3n) is 4.33. The van der Waals surface area contributed by atoms with Crippen LogP contribution in [0.2, 0.25) is 0 Å². The maximum Gasteiger partial charge on any atom is 0.221 e. The number of hydrogen-bond donors (Lipinski definition) is 2. The molecule has 3 atom stereocenters. The lowest BCUT2D eigenvalue weighted by atomic mass is 9.69. The van der Waals surface area contributed by atoms with Gasteiger partial charge in [0.25, 0.3) is 0 Å². The Hall–Kier alpha value is -0.570. The Bertz CT molecular complexity index is 283. The molecule has 1 saturated carbocycles. The predicted octanol–water partition coefficient (Wildman–Crippen LogP) is 3.23. The molecule has 0 heterocycles. The molecule has 0 aliphatic heterocycles. The highest BCUT2D eigenvalue weighted by Crippen LogP contribution is 2.37. The summed E-state index contributed by atoms with van der Waals surface area (Å²) in [5.41, 5.74) is 6.22. The fraction of sp³-hybridized carbons (Fsp3) is 0.938. The highest BCUT2D eigenvalue weighted by atomic mass is 16.1. The monoisotopic (exact) mass is 268 g/mol. The van der Waals surface area contributed by atoms with Crippen LogP contribution in [0, 0.1) is 11.3 Å². The molecule has 0 saturated heterocycles. The second-order valence-corrected chi connectivity index (χ2v) is 7.18. The summed E-state index contributed by atoms with van der Waals surface area (Å²) in [6.45, 7) is 8.95. The van der Waals surface area contributed by atoms with Crippen LogP contribution < -0.4 is 11.1 Å². The van der Waals surface area contributed by atoms with Gasteiger partial charge in [-0.15, -0.1) is 0 Å². The van der Waals surface area contributed by atoms with Gasteiger partial charge in [-0.2, -0.15) is 0 Å². The van der Waals surface area contributed by atoms with Gasteiger partial charge in [-0.05, 0) is 30.6 Å². The van der Waals surface area contributed by atoms with Crippen molar-refractivity contribution in [2.75, 3.05) is 0 Å². The van der Waals surface area contributed by atoms with Crippen LogP contribution in [-0.2, 0) is 4.79 Å². The molecule has 0 aromatic carbocycles. The number of carbonyl (C=O) groups is 1. The van der Waals surface area contributed by atoms with Crippen LogP contribution in [0.3, 0.4) is 0 Å². The van der Waals surface area contributed by atoms with E-state index < -0.39 is 0 Å². The Kier molecular flexibility index (Phi) is 6.31. The van der Waals surface area contributed by atoms with E-state index in [0.29, 0.717) is 18.4 Å². The number of rotatable bonds is 5. The summed E-state index contributed by atoms with van der Waals surface area (Å²) in [6.07, 6.45) is 7.33. The minimum atomic E-state index is 0.0154. The zero-order valence-electron chi connectivity index (χ0n) is 13.2. The van der Waals surface area contributed by atoms with E-state index in [1.807, 2.05) is 0 Å². The maximum absolute atomic E-state index is 12.1. The summed E-state index contributed by atoms with van der Waals surface area (Å²) >= 11 is 0. The normalized spacial score (nSPS) is 25.9. The molecule has 3 nitrogen and oxygen atoms in total. The average Bonchev–Trinajstić information content (AvgIpc) is 2.28. The second kappa shape index (κ2) is 7.28. The Morgan fingerprint density at radius 2 is 1.95 bits per heavy atom. The van der Waals surface area contributed by atoms with Gasteiger partial charge in [0.15, 0.2) is 0 Å². The van der Waals surface area contributed by atoms with Gasteiger partial charge in [-0.3, -0.25) is 4.79 Å². The summed E-state index contributed by atoms with van der Waals surface area (Å²) in [5.74, 6) is 0.731. The molecule has 112 valence electrons. The van der Waals surface area contributed by atoms with Crippen molar-refractivity contribution in [1.82, 2.24) is 5.32 Å². The molecular formula is C16H32N2O. The molecule has 19 heavy (non-hydrogen) atoms. The molecule has 1 fully saturated rings. The van der Waals surface area contributed by atoms with Crippen LogP contribution >= 0.6 is 0 Å². The van der Waals surface area contributed by atoms with E-state index in [4.69, 9.17) is 5.73 Å². The third kappa shape index (κ3) is 5.52. The highest BCUT2D eigenvalue weighted by molar-refractivity contribution is 5.76. The van der Waals surface area contributed by atoms with Crippen molar-refractivity contribution in [3.63, 3.8) is 0 Å². The van der Waals surface area contributed by atoms with Gasteiger partial charge < -0.3 is 11.1 Å². The lowest BCUT2D eigenvalue weighted by molar-refractivity contribution is -0.123. The molecule has 1 amide bonds. The van der Waals surface area contributed by atoms with Gasteiger partial charge in [0.1, 0.15) is 0 Å². The van der Waals surface area contributed by atoms with E-state index in [1.165, 1.54) is 19.3 Å². The number of nitrogens with one attached hydrogen (secondary N) is 1. The van der Waals surface area contributed by atoms with Crippen molar-refractivity contribution < 1.29 is 4.79 Å². The first-order valence-corrected chi connectivity index (χ1v) is 7.89. The number of nitrogens with two attached hydrogens (primary N) is 1. The molecule has 3 heteroatoms. The van der Waals surface area contributed by atoms with E-state index in [1.54, 1.807) is 0 Å². The molecule has 1 aliphatic rings. The molecule has 3 unspecified atom stereocenters. The summed E-state index contributed by atoms with van der Waals surface area (Å²) in [7, 11) is 0. The molecule has 1 aliphatic carbocycles. The van der Waals surface area contributed by atoms with Gasteiger partial charge in [0.05, 0.1) is 0 Å². The molecule has 0 aromatic rings. The molecule has 3 N–H and O–H groups in total. The summed E-state index contributed by atoms with van der Waals surface area (Å²) < 4.78 is 0. The lowest BCUT2D eigenvalue weighted by Gasteiger charge is -2.40. The molecule has 0 spiro atoms. The smallest absolute Gasteiger partial charge is 0.221 e.